The van der Waals surface area contributed by atoms with E-state index in [0.29, 0.717) is 23.6 Å². The standard InChI is InChI=1S/C20H20ClNO2/c21-18-9-7-17(8-10-18)20(12-14-23)11-4-13-22(15-20)19(24)16-5-2-1-3-6-16/h1-3,5-10,14H,4,11-13,15H2. The second-order valence-electron chi connectivity index (χ2n) is 6.35. The van der Waals surface area contributed by atoms with Crippen molar-refractivity contribution in [1.82, 2.24) is 4.90 Å². The van der Waals surface area contributed by atoms with E-state index >= 15 is 0 Å². The summed E-state index contributed by atoms with van der Waals surface area (Å²) in [6.45, 7) is 1.28. The van der Waals surface area contributed by atoms with Gasteiger partial charge in [0.25, 0.3) is 5.91 Å². The minimum absolute atomic E-state index is 0.0273. The van der Waals surface area contributed by atoms with E-state index in [0.717, 1.165) is 31.2 Å². The minimum Gasteiger partial charge on any atom is -0.338 e. The van der Waals surface area contributed by atoms with Crippen LogP contribution in [0, 0.1) is 0 Å². The van der Waals surface area contributed by atoms with Crippen LogP contribution in [0.2, 0.25) is 5.02 Å². The van der Waals surface area contributed by atoms with Crippen molar-refractivity contribution in [3.63, 3.8) is 0 Å². The summed E-state index contributed by atoms with van der Waals surface area (Å²) < 4.78 is 0. The van der Waals surface area contributed by atoms with Gasteiger partial charge in [0.1, 0.15) is 6.29 Å². The lowest BCUT2D eigenvalue weighted by Gasteiger charge is -2.42. The van der Waals surface area contributed by atoms with Gasteiger partial charge in [0, 0.05) is 35.5 Å². The number of piperidine rings is 1. The molecule has 2 aromatic carbocycles. The maximum atomic E-state index is 12.8. The number of hydrogen-bond acceptors (Lipinski definition) is 2. The van der Waals surface area contributed by atoms with E-state index in [1.165, 1.54) is 0 Å². The molecule has 1 aliphatic rings. The van der Waals surface area contributed by atoms with Crippen molar-refractivity contribution in [2.75, 3.05) is 13.1 Å². The van der Waals surface area contributed by atoms with Crippen molar-refractivity contribution in [2.45, 2.75) is 24.7 Å². The number of likely N-dealkylation sites (tertiary alicyclic amines) is 1. The predicted molar refractivity (Wildman–Crippen MR) is 95.4 cm³/mol. The summed E-state index contributed by atoms with van der Waals surface area (Å²) in [7, 11) is 0. The van der Waals surface area contributed by atoms with Crippen LogP contribution in [0.25, 0.3) is 0 Å². The van der Waals surface area contributed by atoms with Crippen molar-refractivity contribution >= 4 is 23.8 Å². The molecule has 1 fully saturated rings. The van der Waals surface area contributed by atoms with Crippen LogP contribution >= 0.6 is 11.6 Å². The zero-order chi connectivity index (χ0) is 17.0. The molecule has 0 aromatic heterocycles. The lowest BCUT2D eigenvalue weighted by atomic mass is 9.72. The van der Waals surface area contributed by atoms with Gasteiger partial charge in [-0.2, -0.15) is 0 Å². The molecule has 3 rings (SSSR count). The van der Waals surface area contributed by atoms with Crippen LogP contribution in [-0.2, 0) is 10.2 Å². The summed E-state index contributed by atoms with van der Waals surface area (Å²) in [5, 5.41) is 0.674. The molecule has 0 spiro atoms. The van der Waals surface area contributed by atoms with E-state index in [1.807, 2.05) is 59.5 Å². The van der Waals surface area contributed by atoms with Gasteiger partial charge in [-0.25, -0.2) is 0 Å². The average Bonchev–Trinajstić information content (AvgIpc) is 2.63. The van der Waals surface area contributed by atoms with Gasteiger partial charge in [0.15, 0.2) is 0 Å². The van der Waals surface area contributed by atoms with Crippen LogP contribution in [-0.4, -0.2) is 30.2 Å². The Bertz CT molecular complexity index is 714. The highest BCUT2D eigenvalue weighted by Gasteiger charge is 2.38. The molecule has 3 nitrogen and oxygen atoms in total. The van der Waals surface area contributed by atoms with E-state index in [1.54, 1.807) is 0 Å². The fraction of sp³-hybridized carbons (Fsp3) is 0.300. The Hall–Kier alpha value is -2.13. The summed E-state index contributed by atoms with van der Waals surface area (Å²) >= 11 is 6.00. The molecule has 1 unspecified atom stereocenters. The molecule has 0 aliphatic carbocycles. The molecule has 1 heterocycles. The second-order valence-corrected chi connectivity index (χ2v) is 6.79. The smallest absolute Gasteiger partial charge is 0.253 e. The summed E-state index contributed by atoms with van der Waals surface area (Å²) in [6, 6.07) is 17.0. The number of benzene rings is 2. The Morgan fingerprint density at radius 1 is 1.12 bits per heavy atom. The maximum absolute atomic E-state index is 12.8. The first-order valence-corrected chi connectivity index (χ1v) is 8.56. The number of nitrogens with zero attached hydrogens (tertiary/aromatic N) is 1. The number of carbonyl (C=O) groups is 2. The van der Waals surface area contributed by atoms with E-state index < -0.39 is 0 Å². The molecule has 0 bridgehead atoms. The third kappa shape index (κ3) is 3.36. The molecule has 1 aliphatic heterocycles. The van der Waals surface area contributed by atoms with E-state index in [4.69, 9.17) is 11.6 Å². The number of aldehydes is 1. The monoisotopic (exact) mass is 341 g/mol. The summed E-state index contributed by atoms with van der Waals surface area (Å²) in [4.78, 5) is 26.0. The number of hydrogen-bond donors (Lipinski definition) is 0. The molecule has 0 N–H and O–H groups in total. The molecular formula is C20H20ClNO2. The van der Waals surface area contributed by atoms with Crippen LogP contribution in [0.3, 0.4) is 0 Å². The van der Waals surface area contributed by atoms with Crippen molar-refractivity contribution in [2.24, 2.45) is 0 Å². The van der Waals surface area contributed by atoms with Crippen LogP contribution in [0.1, 0.15) is 35.2 Å². The predicted octanol–water partition coefficient (Wildman–Crippen LogP) is 4.10. The normalized spacial score (nSPS) is 20.6. The molecule has 124 valence electrons. The second kappa shape index (κ2) is 7.18. The molecule has 24 heavy (non-hydrogen) atoms. The minimum atomic E-state index is -0.324. The molecule has 4 heteroatoms. The first-order chi connectivity index (χ1) is 11.6. The third-order valence-electron chi connectivity index (χ3n) is 4.82. The van der Waals surface area contributed by atoms with Crippen molar-refractivity contribution < 1.29 is 9.59 Å². The van der Waals surface area contributed by atoms with Crippen molar-refractivity contribution in [1.29, 1.82) is 0 Å². The molecule has 1 atom stereocenters. The maximum Gasteiger partial charge on any atom is 0.253 e. The van der Waals surface area contributed by atoms with Gasteiger partial charge in [0.2, 0.25) is 0 Å². The molecule has 2 aromatic rings. The zero-order valence-corrected chi connectivity index (χ0v) is 14.2. The number of rotatable bonds is 4. The van der Waals surface area contributed by atoms with Gasteiger partial charge in [-0.3, -0.25) is 4.79 Å². The Morgan fingerprint density at radius 2 is 1.83 bits per heavy atom. The fourth-order valence-corrected chi connectivity index (χ4v) is 3.68. The first kappa shape index (κ1) is 16.7. The van der Waals surface area contributed by atoms with Crippen LogP contribution in [0.15, 0.2) is 54.6 Å². The highest BCUT2D eigenvalue weighted by Crippen LogP contribution is 2.37. The van der Waals surface area contributed by atoms with Crippen LogP contribution in [0.4, 0.5) is 0 Å². The van der Waals surface area contributed by atoms with E-state index in [9.17, 15) is 9.59 Å². The Labute approximate surface area is 147 Å². The third-order valence-corrected chi connectivity index (χ3v) is 5.07. The highest BCUT2D eigenvalue weighted by molar-refractivity contribution is 6.30. The lowest BCUT2D eigenvalue weighted by Crippen LogP contribution is -2.48. The first-order valence-electron chi connectivity index (χ1n) is 8.19. The Balaban J connectivity index is 1.89. The number of carbonyl (C=O) groups excluding carboxylic acids is 2. The van der Waals surface area contributed by atoms with E-state index in [-0.39, 0.29) is 11.3 Å². The summed E-state index contributed by atoms with van der Waals surface area (Å²) in [5.74, 6) is 0.0273. The SMILES string of the molecule is O=CCC1(c2ccc(Cl)cc2)CCCN(C(=O)c2ccccc2)C1. The molecule has 0 radical (unpaired) electrons. The largest absolute Gasteiger partial charge is 0.338 e. The highest BCUT2D eigenvalue weighted by atomic mass is 35.5. The van der Waals surface area contributed by atoms with Gasteiger partial charge in [-0.15, -0.1) is 0 Å². The van der Waals surface area contributed by atoms with Gasteiger partial charge in [0.05, 0.1) is 0 Å². The van der Waals surface area contributed by atoms with Crippen LogP contribution in [0.5, 0.6) is 0 Å². The Kier molecular flexibility index (Phi) is 5.00. The summed E-state index contributed by atoms with van der Waals surface area (Å²) in [5.41, 5.74) is 1.44. The molecule has 1 saturated heterocycles. The quantitative estimate of drug-likeness (QED) is 0.785. The van der Waals surface area contributed by atoms with Gasteiger partial charge in [-0.1, -0.05) is 41.9 Å². The topological polar surface area (TPSA) is 37.4 Å². The van der Waals surface area contributed by atoms with E-state index in [2.05, 4.69) is 0 Å². The van der Waals surface area contributed by atoms with Gasteiger partial charge in [-0.05, 0) is 42.7 Å². The van der Waals surface area contributed by atoms with Crippen molar-refractivity contribution in [3.8, 4) is 0 Å². The fourth-order valence-electron chi connectivity index (χ4n) is 3.55. The molecule has 0 saturated carbocycles. The van der Waals surface area contributed by atoms with Gasteiger partial charge >= 0.3 is 0 Å². The molecule has 1 amide bonds. The number of amides is 1. The molecular weight excluding hydrogens is 322 g/mol. The lowest BCUT2D eigenvalue weighted by molar-refractivity contribution is -0.109. The number of halogens is 1. The zero-order valence-electron chi connectivity index (χ0n) is 13.5. The average molecular weight is 342 g/mol. The van der Waals surface area contributed by atoms with Crippen molar-refractivity contribution in [3.05, 3.63) is 70.7 Å². The van der Waals surface area contributed by atoms with Crippen LogP contribution < -0.4 is 0 Å². The Morgan fingerprint density at radius 3 is 2.50 bits per heavy atom. The van der Waals surface area contributed by atoms with Gasteiger partial charge < -0.3 is 9.69 Å². The summed E-state index contributed by atoms with van der Waals surface area (Å²) in [6.07, 6.45) is 3.15.